The second-order valence-corrected chi connectivity index (χ2v) is 7.66. The van der Waals surface area contributed by atoms with Gasteiger partial charge >= 0.3 is 0 Å². The van der Waals surface area contributed by atoms with Gasteiger partial charge in [0.05, 0.1) is 5.02 Å². The number of carbonyl (C=O) groups excluding carboxylic acids is 2. The summed E-state index contributed by atoms with van der Waals surface area (Å²) in [4.78, 5) is 28.8. The topological polar surface area (TPSA) is 49.9 Å². The van der Waals surface area contributed by atoms with Crippen molar-refractivity contribution < 1.29 is 14.3 Å². The predicted molar refractivity (Wildman–Crippen MR) is 110 cm³/mol. The highest BCUT2D eigenvalue weighted by Gasteiger charge is 2.28. The second kappa shape index (κ2) is 8.84. The summed E-state index contributed by atoms with van der Waals surface area (Å²) in [6, 6.07) is 12.4. The average Bonchev–Trinajstić information content (AvgIpc) is 2.69. The Morgan fingerprint density at radius 3 is 2.18 bits per heavy atom. The van der Waals surface area contributed by atoms with Crippen LogP contribution in [0.2, 0.25) is 10.0 Å². The quantitative estimate of drug-likeness (QED) is 0.749. The minimum Gasteiger partial charge on any atom is -0.479 e. The molecule has 2 aromatic carbocycles. The van der Waals surface area contributed by atoms with Crippen molar-refractivity contribution >= 4 is 35.0 Å². The molecule has 0 saturated carbocycles. The minimum absolute atomic E-state index is 0.00987. The van der Waals surface area contributed by atoms with Crippen LogP contribution in [0.4, 0.5) is 0 Å². The van der Waals surface area contributed by atoms with Crippen LogP contribution < -0.4 is 4.74 Å². The van der Waals surface area contributed by atoms with E-state index in [4.69, 9.17) is 27.9 Å². The Labute approximate surface area is 174 Å². The van der Waals surface area contributed by atoms with Gasteiger partial charge in [0, 0.05) is 36.8 Å². The van der Waals surface area contributed by atoms with Gasteiger partial charge in [0.1, 0.15) is 5.75 Å². The summed E-state index contributed by atoms with van der Waals surface area (Å²) in [7, 11) is 0. The third-order valence-corrected chi connectivity index (χ3v) is 5.25. The van der Waals surface area contributed by atoms with E-state index in [9.17, 15) is 9.59 Å². The zero-order valence-corrected chi connectivity index (χ0v) is 17.3. The highest BCUT2D eigenvalue weighted by atomic mass is 35.5. The van der Waals surface area contributed by atoms with Crippen molar-refractivity contribution in [3.05, 3.63) is 63.6 Å². The molecule has 1 fully saturated rings. The Morgan fingerprint density at radius 1 is 0.964 bits per heavy atom. The second-order valence-electron chi connectivity index (χ2n) is 6.82. The standard InChI is InChI=1S/C21H22Cl2N2O3/c1-14-3-5-16(6-4-14)21(27)25-11-9-24(10-12-25)20(26)15(2)28-19-8-7-17(22)13-18(19)23/h3-8,13,15H,9-12H2,1-2H3. The van der Waals surface area contributed by atoms with Gasteiger partial charge in [-0.3, -0.25) is 9.59 Å². The Kier molecular flexibility index (Phi) is 6.47. The molecule has 5 nitrogen and oxygen atoms in total. The van der Waals surface area contributed by atoms with Gasteiger partial charge in [0.15, 0.2) is 6.10 Å². The Morgan fingerprint density at radius 2 is 1.57 bits per heavy atom. The molecule has 1 saturated heterocycles. The van der Waals surface area contributed by atoms with Crippen molar-refractivity contribution in [3.8, 4) is 5.75 Å². The molecule has 0 spiro atoms. The van der Waals surface area contributed by atoms with Gasteiger partial charge in [-0.1, -0.05) is 40.9 Å². The summed E-state index contributed by atoms with van der Waals surface area (Å²) in [5.74, 6) is 0.276. The number of aryl methyl sites for hydroxylation is 1. The molecule has 3 rings (SSSR count). The highest BCUT2D eigenvalue weighted by Crippen LogP contribution is 2.28. The van der Waals surface area contributed by atoms with Crippen LogP contribution in [0.5, 0.6) is 5.75 Å². The van der Waals surface area contributed by atoms with Gasteiger partial charge in [-0.25, -0.2) is 0 Å². The van der Waals surface area contributed by atoms with Crippen molar-refractivity contribution in [3.63, 3.8) is 0 Å². The zero-order chi connectivity index (χ0) is 20.3. The molecule has 0 radical (unpaired) electrons. The average molecular weight is 421 g/mol. The number of piperazine rings is 1. The van der Waals surface area contributed by atoms with Crippen LogP contribution in [-0.4, -0.2) is 53.9 Å². The Hall–Kier alpha value is -2.24. The van der Waals surface area contributed by atoms with Gasteiger partial charge < -0.3 is 14.5 Å². The van der Waals surface area contributed by atoms with Crippen molar-refractivity contribution in [1.82, 2.24) is 9.80 Å². The third-order valence-electron chi connectivity index (χ3n) is 4.72. The summed E-state index contributed by atoms with van der Waals surface area (Å²) in [6.07, 6.45) is -0.682. The van der Waals surface area contributed by atoms with Gasteiger partial charge in [0.25, 0.3) is 11.8 Å². The molecule has 0 aliphatic carbocycles. The van der Waals surface area contributed by atoms with E-state index in [1.165, 1.54) is 0 Å². The molecule has 0 N–H and O–H groups in total. The largest absolute Gasteiger partial charge is 0.479 e. The fourth-order valence-corrected chi connectivity index (χ4v) is 3.53. The van der Waals surface area contributed by atoms with E-state index in [1.807, 2.05) is 31.2 Å². The summed E-state index contributed by atoms with van der Waals surface area (Å²) in [6.45, 7) is 5.60. The van der Waals surface area contributed by atoms with Crippen LogP contribution in [0.1, 0.15) is 22.8 Å². The summed E-state index contributed by atoms with van der Waals surface area (Å²) in [5.41, 5.74) is 1.78. The van der Waals surface area contributed by atoms with E-state index in [1.54, 1.807) is 34.9 Å². The molecule has 1 aliphatic heterocycles. The fourth-order valence-electron chi connectivity index (χ4n) is 3.08. The number of ether oxygens (including phenoxy) is 1. The molecule has 1 heterocycles. The van der Waals surface area contributed by atoms with Crippen molar-refractivity contribution in [1.29, 1.82) is 0 Å². The fraction of sp³-hybridized carbons (Fsp3) is 0.333. The van der Waals surface area contributed by atoms with Gasteiger partial charge in [0.2, 0.25) is 0 Å². The molecule has 7 heteroatoms. The molecular formula is C21H22Cl2N2O3. The lowest BCUT2D eigenvalue weighted by molar-refractivity contribution is -0.139. The first-order valence-corrected chi connectivity index (χ1v) is 9.87. The summed E-state index contributed by atoms with van der Waals surface area (Å²) < 4.78 is 5.71. The van der Waals surface area contributed by atoms with Crippen LogP contribution >= 0.6 is 23.2 Å². The van der Waals surface area contributed by atoms with Crippen molar-refractivity contribution in [2.24, 2.45) is 0 Å². The van der Waals surface area contributed by atoms with E-state index in [2.05, 4.69) is 0 Å². The normalized spacial score (nSPS) is 15.3. The lowest BCUT2D eigenvalue weighted by Gasteiger charge is -2.36. The Bertz CT molecular complexity index is 862. The lowest BCUT2D eigenvalue weighted by Crippen LogP contribution is -2.53. The smallest absolute Gasteiger partial charge is 0.263 e. The predicted octanol–water partition coefficient (Wildman–Crippen LogP) is 4.05. The summed E-state index contributed by atoms with van der Waals surface area (Å²) >= 11 is 12.0. The number of amides is 2. The zero-order valence-electron chi connectivity index (χ0n) is 15.8. The molecule has 28 heavy (non-hydrogen) atoms. The molecule has 1 aliphatic rings. The van der Waals surface area contributed by atoms with Crippen LogP contribution in [-0.2, 0) is 4.79 Å². The van der Waals surface area contributed by atoms with Gasteiger partial charge in [-0.05, 0) is 44.2 Å². The molecule has 0 bridgehead atoms. The number of hydrogen-bond donors (Lipinski definition) is 0. The molecule has 2 amide bonds. The summed E-state index contributed by atoms with van der Waals surface area (Å²) in [5, 5.41) is 0.867. The Balaban J connectivity index is 1.55. The van der Waals surface area contributed by atoms with Crippen LogP contribution in [0, 0.1) is 6.92 Å². The monoisotopic (exact) mass is 420 g/mol. The van der Waals surface area contributed by atoms with Crippen LogP contribution in [0.3, 0.4) is 0 Å². The van der Waals surface area contributed by atoms with Crippen molar-refractivity contribution in [2.45, 2.75) is 20.0 Å². The van der Waals surface area contributed by atoms with E-state index in [-0.39, 0.29) is 11.8 Å². The molecule has 1 unspecified atom stereocenters. The lowest BCUT2D eigenvalue weighted by atomic mass is 10.1. The van der Waals surface area contributed by atoms with Crippen LogP contribution in [0.15, 0.2) is 42.5 Å². The molecule has 1 atom stereocenters. The maximum absolute atomic E-state index is 12.7. The third kappa shape index (κ3) is 4.78. The number of halogens is 2. The van der Waals surface area contributed by atoms with Crippen LogP contribution in [0.25, 0.3) is 0 Å². The van der Waals surface area contributed by atoms with Gasteiger partial charge in [-0.15, -0.1) is 0 Å². The minimum atomic E-state index is -0.682. The maximum atomic E-state index is 12.7. The van der Waals surface area contributed by atoms with E-state index in [0.717, 1.165) is 5.56 Å². The first-order valence-electron chi connectivity index (χ1n) is 9.11. The van der Waals surface area contributed by atoms with Gasteiger partial charge in [-0.2, -0.15) is 0 Å². The molecule has 2 aromatic rings. The number of hydrogen-bond acceptors (Lipinski definition) is 3. The number of carbonyl (C=O) groups is 2. The molecule has 0 aromatic heterocycles. The SMILES string of the molecule is Cc1ccc(C(=O)N2CCN(C(=O)C(C)Oc3ccc(Cl)cc3Cl)CC2)cc1. The highest BCUT2D eigenvalue weighted by molar-refractivity contribution is 6.35. The number of benzene rings is 2. The first kappa shape index (κ1) is 20.5. The number of rotatable bonds is 4. The molecular weight excluding hydrogens is 399 g/mol. The first-order chi connectivity index (χ1) is 13.3. The van der Waals surface area contributed by atoms with E-state index < -0.39 is 6.10 Å². The van der Waals surface area contributed by atoms with E-state index in [0.29, 0.717) is 47.5 Å². The molecule has 148 valence electrons. The maximum Gasteiger partial charge on any atom is 0.263 e. The number of nitrogens with zero attached hydrogens (tertiary/aromatic N) is 2. The van der Waals surface area contributed by atoms with E-state index >= 15 is 0 Å². The van der Waals surface area contributed by atoms with Crippen molar-refractivity contribution in [2.75, 3.05) is 26.2 Å².